The van der Waals surface area contributed by atoms with Gasteiger partial charge in [-0.3, -0.25) is 14.0 Å². The second-order valence-corrected chi connectivity index (χ2v) is 10.1. The molecule has 1 saturated heterocycles. The van der Waals surface area contributed by atoms with Crippen LogP contribution in [0.1, 0.15) is 30.1 Å². The molecular formula is C25H24ClN7O3S. The minimum atomic E-state index is -0.836. The van der Waals surface area contributed by atoms with E-state index in [1.807, 2.05) is 0 Å². The molecule has 0 spiro atoms. The molecule has 1 aromatic carbocycles. The molecule has 37 heavy (non-hydrogen) atoms. The van der Waals surface area contributed by atoms with E-state index in [1.54, 1.807) is 42.6 Å². The third-order valence-electron chi connectivity index (χ3n) is 6.30. The molecule has 4 heterocycles. The Labute approximate surface area is 221 Å². The summed E-state index contributed by atoms with van der Waals surface area (Å²) in [6.07, 6.45) is 5.43. The van der Waals surface area contributed by atoms with Gasteiger partial charge in [0.05, 0.1) is 16.9 Å². The van der Waals surface area contributed by atoms with Gasteiger partial charge in [0, 0.05) is 24.2 Å². The van der Waals surface area contributed by atoms with Crippen LogP contribution in [0.25, 0.3) is 5.65 Å². The van der Waals surface area contributed by atoms with E-state index in [2.05, 4.69) is 32.1 Å². The molecule has 1 fully saturated rings. The first-order valence-electron chi connectivity index (χ1n) is 11.7. The quantitative estimate of drug-likeness (QED) is 0.332. The minimum Gasteiger partial charge on any atom is -0.493 e. The highest BCUT2D eigenvalue weighted by atomic mass is 35.5. The average Bonchev–Trinajstić information content (AvgIpc) is 3.37. The van der Waals surface area contributed by atoms with Gasteiger partial charge < -0.3 is 21.1 Å². The zero-order valence-electron chi connectivity index (χ0n) is 19.9. The van der Waals surface area contributed by atoms with Crippen molar-refractivity contribution in [3.8, 4) is 5.88 Å². The maximum atomic E-state index is 12.9. The molecule has 1 aliphatic rings. The Bertz CT molecular complexity index is 1560. The predicted octanol–water partition coefficient (Wildman–Crippen LogP) is 4.07. The maximum absolute atomic E-state index is 12.9. The summed E-state index contributed by atoms with van der Waals surface area (Å²) in [6, 6.07) is 9.89. The van der Waals surface area contributed by atoms with Gasteiger partial charge in [0.15, 0.2) is 11.4 Å². The number of fused-ring (bicyclic) bond motifs is 1. The van der Waals surface area contributed by atoms with Crippen molar-refractivity contribution in [2.75, 3.05) is 29.0 Å². The highest BCUT2D eigenvalue weighted by molar-refractivity contribution is 7.99. The van der Waals surface area contributed by atoms with Crippen molar-refractivity contribution < 1.29 is 9.90 Å². The number of hydrogen-bond donors (Lipinski definition) is 3. The Morgan fingerprint density at radius 2 is 2.11 bits per heavy atom. The van der Waals surface area contributed by atoms with Crippen LogP contribution >= 0.6 is 23.4 Å². The largest absolute Gasteiger partial charge is 0.493 e. The normalized spacial score (nSPS) is 15.3. The standard InChI is InChI=1S/C25H24ClN7O3S/c1-2-14-9-11-32(13-14)18-12-28-24(21(27)30-18)37-16-7-5-6-15(20(16)26)29-22(34)19-23(35)31-17-8-3-4-10-33(17)25(19)36/h3-8,10,12,14,35H,2,9,11,13H2,1H3,(H2,27,30)(H,29,34). The van der Waals surface area contributed by atoms with Gasteiger partial charge in [0.25, 0.3) is 11.5 Å². The summed E-state index contributed by atoms with van der Waals surface area (Å²) >= 11 is 7.80. The van der Waals surface area contributed by atoms with Gasteiger partial charge in [-0.15, -0.1) is 0 Å². The summed E-state index contributed by atoms with van der Waals surface area (Å²) in [7, 11) is 0. The molecule has 0 radical (unpaired) electrons. The summed E-state index contributed by atoms with van der Waals surface area (Å²) in [6.45, 7) is 4.06. The highest BCUT2D eigenvalue weighted by Gasteiger charge is 2.24. The third kappa shape index (κ3) is 4.92. The monoisotopic (exact) mass is 537 g/mol. The predicted molar refractivity (Wildman–Crippen MR) is 144 cm³/mol. The van der Waals surface area contributed by atoms with E-state index in [0.717, 1.165) is 31.7 Å². The molecule has 1 aliphatic heterocycles. The van der Waals surface area contributed by atoms with Gasteiger partial charge in [0.2, 0.25) is 5.88 Å². The topological polar surface area (TPSA) is 139 Å². The number of aromatic nitrogens is 4. The van der Waals surface area contributed by atoms with E-state index in [-0.39, 0.29) is 22.2 Å². The number of nitrogens with one attached hydrogen (secondary N) is 1. The number of rotatable bonds is 6. The lowest BCUT2D eigenvalue weighted by atomic mass is 10.1. The zero-order valence-corrected chi connectivity index (χ0v) is 21.5. The number of nitrogen functional groups attached to an aromatic ring is 1. The fourth-order valence-electron chi connectivity index (χ4n) is 4.24. The SMILES string of the molecule is CCC1CCN(c2cnc(Sc3cccc(NC(=O)c4c(O)nc5ccccn5c4=O)c3Cl)c(N)n2)C1. The molecule has 3 aromatic heterocycles. The fourth-order valence-corrected chi connectivity index (χ4v) is 5.34. The second kappa shape index (κ2) is 10.3. The number of amides is 1. The Morgan fingerprint density at radius 3 is 2.86 bits per heavy atom. The van der Waals surface area contributed by atoms with Gasteiger partial charge >= 0.3 is 0 Å². The van der Waals surface area contributed by atoms with Gasteiger partial charge in [-0.2, -0.15) is 4.98 Å². The van der Waals surface area contributed by atoms with E-state index >= 15 is 0 Å². The van der Waals surface area contributed by atoms with Crippen molar-refractivity contribution >= 4 is 52.2 Å². The van der Waals surface area contributed by atoms with Crippen molar-refractivity contribution in [1.82, 2.24) is 19.4 Å². The van der Waals surface area contributed by atoms with E-state index in [9.17, 15) is 14.7 Å². The number of hydrogen-bond acceptors (Lipinski definition) is 9. The lowest BCUT2D eigenvalue weighted by Gasteiger charge is -2.18. The van der Waals surface area contributed by atoms with Crippen molar-refractivity contribution in [3.05, 3.63) is 69.7 Å². The van der Waals surface area contributed by atoms with Crippen LogP contribution in [0.3, 0.4) is 0 Å². The van der Waals surface area contributed by atoms with Crippen LogP contribution in [0.5, 0.6) is 5.88 Å². The smallest absolute Gasteiger partial charge is 0.274 e. The van der Waals surface area contributed by atoms with Crippen LogP contribution in [0.4, 0.5) is 17.3 Å². The van der Waals surface area contributed by atoms with Crippen LogP contribution in [0.15, 0.2) is 63.5 Å². The van der Waals surface area contributed by atoms with Gasteiger partial charge in [-0.1, -0.05) is 48.8 Å². The van der Waals surface area contributed by atoms with Gasteiger partial charge in [0.1, 0.15) is 16.5 Å². The van der Waals surface area contributed by atoms with Gasteiger partial charge in [-0.05, 0) is 36.6 Å². The lowest BCUT2D eigenvalue weighted by molar-refractivity contribution is 0.102. The number of nitrogens with zero attached hydrogens (tertiary/aromatic N) is 5. The summed E-state index contributed by atoms with van der Waals surface area (Å²) < 4.78 is 1.18. The van der Waals surface area contributed by atoms with Crippen LogP contribution in [0, 0.1) is 5.92 Å². The molecular weight excluding hydrogens is 514 g/mol. The van der Waals surface area contributed by atoms with E-state index in [4.69, 9.17) is 17.3 Å². The minimum absolute atomic E-state index is 0.220. The van der Waals surface area contributed by atoms with Crippen LogP contribution in [-0.2, 0) is 0 Å². The first kappa shape index (κ1) is 24.8. The Balaban J connectivity index is 1.37. The first-order chi connectivity index (χ1) is 17.9. The van der Waals surface area contributed by atoms with E-state index < -0.39 is 22.9 Å². The molecule has 5 rings (SSSR count). The molecule has 4 aromatic rings. The summed E-state index contributed by atoms with van der Waals surface area (Å²) in [5.74, 6) is 0.185. The van der Waals surface area contributed by atoms with Crippen molar-refractivity contribution in [3.63, 3.8) is 0 Å². The number of halogens is 1. The number of anilines is 3. The molecule has 1 amide bonds. The van der Waals surface area contributed by atoms with Crippen molar-refractivity contribution in [2.45, 2.75) is 29.7 Å². The molecule has 1 atom stereocenters. The maximum Gasteiger partial charge on any atom is 0.274 e. The molecule has 190 valence electrons. The Morgan fingerprint density at radius 1 is 1.27 bits per heavy atom. The summed E-state index contributed by atoms with van der Waals surface area (Å²) in [5.41, 5.74) is 5.50. The zero-order chi connectivity index (χ0) is 26.1. The number of pyridine rings is 1. The van der Waals surface area contributed by atoms with E-state index in [0.29, 0.717) is 15.8 Å². The summed E-state index contributed by atoms with van der Waals surface area (Å²) in [5, 5.41) is 13.6. The third-order valence-corrected chi connectivity index (χ3v) is 7.89. The molecule has 1 unspecified atom stereocenters. The van der Waals surface area contributed by atoms with Crippen molar-refractivity contribution in [1.29, 1.82) is 0 Å². The molecule has 0 aliphatic carbocycles. The molecule has 12 heteroatoms. The van der Waals surface area contributed by atoms with Crippen LogP contribution in [-0.4, -0.2) is 43.5 Å². The average molecular weight is 538 g/mol. The molecule has 0 bridgehead atoms. The number of carbonyl (C=O) groups is 1. The molecule has 0 saturated carbocycles. The lowest BCUT2D eigenvalue weighted by Crippen LogP contribution is -2.27. The Kier molecular flexibility index (Phi) is 6.90. The van der Waals surface area contributed by atoms with Crippen molar-refractivity contribution in [2.24, 2.45) is 5.92 Å². The molecule has 4 N–H and O–H groups in total. The number of benzene rings is 1. The second-order valence-electron chi connectivity index (χ2n) is 8.65. The fraction of sp³-hybridized carbons (Fsp3) is 0.240. The summed E-state index contributed by atoms with van der Waals surface area (Å²) in [4.78, 5) is 41.5. The highest BCUT2D eigenvalue weighted by Crippen LogP contribution is 2.39. The number of carbonyl (C=O) groups excluding carboxylic acids is 1. The van der Waals surface area contributed by atoms with Crippen LogP contribution < -0.4 is 21.5 Å². The van der Waals surface area contributed by atoms with Crippen LogP contribution in [0.2, 0.25) is 5.02 Å². The van der Waals surface area contributed by atoms with Gasteiger partial charge in [-0.25, -0.2) is 9.97 Å². The first-order valence-corrected chi connectivity index (χ1v) is 12.9. The molecule has 10 nitrogen and oxygen atoms in total. The van der Waals surface area contributed by atoms with E-state index in [1.165, 1.54) is 22.4 Å². The number of aromatic hydroxyl groups is 1. The Hall–Kier alpha value is -3.83. The number of nitrogens with two attached hydrogens (primary N) is 1.